The molecular formula is C19H33NO. The highest BCUT2D eigenvalue weighted by Crippen LogP contribution is 2.12. The van der Waals surface area contributed by atoms with Crippen molar-refractivity contribution in [3.8, 4) is 0 Å². The largest absolute Gasteiger partial charge is 0.392 e. The van der Waals surface area contributed by atoms with Crippen molar-refractivity contribution in [2.75, 3.05) is 0 Å². The summed E-state index contributed by atoms with van der Waals surface area (Å²) in [5.41, 5.74) is 2.30. The summed E-state index contributed by atoms with van der Waals surface area (Å²) >= 11 is 0. The molecule has 0 aromatic heterocycles. The highest BCUT2D eigenvalue weighted by atomic mass is 16.3. The zero-order valence-corrected chi connectivity index (χ0v) is 13.9. The van der Waals surface area contributed by atoms with Crippen molar-refractivity contribution in [3.05, 3.63) is 35.4 Å². The van der Waals surface area contributed by atoms with Gasteiger partial charge in [-0.2, -0.15) is 0 Å². The monoisotopic (exact) mass is 291 g/mol. The minimum atomic E-state index is 0.129. The van der Waals surface area contributed by atoms with Crippen molar-refractivity contribution in [2.24, 2.45) is 0 Å². The van der Waals surface area contributed by atoms with Crippen molar-refractivity contribution in [1.29, 1.82) is 0 Å². The molecule has 1 aromatic carbocycles. The van der Waals surface area contributed by atoms with Gasteiger partial charge in [0.25, 0.3) is 0 Å². The van der Waals surface area contributed by atoms with E-state index in [1.54, 1.807) is 0 Å². The van der Waals surface area contributed by atoms with Crippen LogP contribution < -0.4 is 5.32 Å². The van der Waals surface area contributed by atoms with E-state index in [-0.39, 0.29) is 6.61 Å². The van der Waals surface area contributed by atoms with Gasteiger partial charge in [-0.05, 0) is 24.0 Å². The summed E-state index contributed by atoms with van der Waals surface area (Å²) in [5.74, 6) is 0. The zero-order valence-electron chi connectivity index (χ0n) is 13.9. The minimum Gasteiger partial charge on any atom is -0.392 e. The molecule has 0 amide bonds. The van der Waals surface area contributed by atoms with Gasteiger partial charge in [-0.15, -0.1) is 0 Å². The molecule has 0 saturated heterocycles. The molecule has 2 heteroatoms. The van der Waals surface area contributed by atoms with Gasteiger partial charge in [-0.25, -0.2) is 0 Å². The Morgan fingerprint density at radius 1 is 0.857 bits per heavy atom. The Morgan fingerprint density at radius 3 is 1.86 bits per heavy atom. The van der Waals surface area contributed by atoms with E-state index in [2.05, 4.69) is 31.3 Å². The predicted octanol–water partition coefficient (Wildman–Crippen LogP) is 4.80. The number of aliphatic hydroxyl groups excluding tert-OH is 1. The van der Waals surface area contributed by atoms with Crippen LogP contribution >= 0.6 is 0 Å². The maximum atomic E-state index is 9.07. The molecule has 0 atom stereocenters. The van der Waals surface area contributed by atoms with Crippen molar-refractivity contribution < 1.29 is 5.11 Å². The Bertz CT molecular complexity index is 337. The highest BCUT2D eigenvalue weighted by molar-refractivity contribution is 5.21. The van der Waals surface area contributed by atoms with E-state index in [1.807, 2.05) is 12.1 Å². The molecule has 0 aliphatic rings. The number of hydrogen-bond acceptors (Lipinski definition) is 2. The van der Waals surface area contributed by atoms with Gasteiger partial charge in [0.1, 0.15) is 0 Å². The fourth-order valence-electron chi connectivity index (χ4n) is 2.65. The van der Waals surface area contributed by atoms with Gasteiger partial charge in [-0.3, -0.25) is 0 Å². The average molecular weight is 291 g/mol. The molecule has 1 aromatic rings. The van der Waals surface area contributed by atoms with E-state index in [9.17, 15) is 0 Å². The number of aliphatic hydroxyl groups is 1. The maximum Gasteiger partial charge on any atom is 0.0681 e. The SMILES string of the molecule is CCCCCC(CCCCC)NCc1ccc(CO)cc1. The van der Waals surface area contributed by atoms with Crippen LogP contribution in [0.25, 0.3) is 0 Å². The van der Waals surface area contributed by atoms with Crippen molar-refractivity contribution in [1.82, 2.24) is 5.32 Å². The van der Waals surface area contributed by atoms with Gasteiger partial charge >= 0.3 is 0 Å². The lowest BCUT2D eigenvalue weighted by molar-refractivity contribution is 0.282. The van der Waals surface area contributed by atoms with Crippen LogP contribution in [0.15, 0.2) is 24.3 Å². The molecule has 0 spiro atoms. The summed E-state index contributed by atoms with van der Waals surface area (Å²) in [4.78, 5) is 0. The lowest BCUT2D eigenvalue weighted by atomic mass is 10.0. The molecule has 1 rings (SSSR count). The lowest BCUT2D eigenvalue weighted by Gasteiger charge is -2.19. The molecule has 120 valence electrons. The Labute approximate surface area is 131 Å². The number of rotatable bonds is 12. The molecule has 0 fully saturated rings. The number of hydrogen-bond donors (Lipinski definition) is 2. The molecule has 0 aliphatic carbocycles. The van der Waals surface area contributed by atoms with E-state index >= 15 is 0 Å². The normalized spacial score (nSPS) is 11.2. The molecule has 2 nitrogen and oxygen atoms in total. The van der Waals surface area contributed by atoms with Crippen LogP contribution in [0.3, 0.4) is 0 Å². The highest BCUT2D eigenvalue weighted by Gasteiger charge is 2.07. The molecule has 0 saturated carbocycles. The first-order chi connectivity index (χ1) is 10.3. The molecule has 2 N–H and O–H groups in total. The molecule has 0 unspecified atom stereocenters. The molecular weight excluding hydrogens is 258 g/mol. The van der Waals surface area contributed by atoms with E-state index in [4.69, 9.17) is 5.11 Å². The summed E-state index contributed by atoms with van der Waals surface area (Å²) in [6, 6.07) is 8.92. The third kappa shape index (κ3) is 8.23. The van der Waals surface area contributed by atoms with E-state index < -0.39 is 0 Å². The van der Waals surface area contributed by atoms with Gasteiger partial charge in [0.15, 0.2) is 0 Å². The Kier molecular flexibility index (Phi) is 10.2. The first-order valence-corrected chi connectivity index (χ1v) is 8.72. The summed E-state index contributed by atoms with van der Waals surface area (Å²) in [7, 11) is 0. The summed E-state index contributed by atoms with van der Waals surface area (Å²) in [5, 5.41) is 12.8. The molecule has 0 aliphatic heterocycles. The predicted molar refractivity (Wildman–Crippen MR) is 91.3 cm³/mol. The summed E-state index contributed by atoms with van der Waals surface area (Å²) < 4.78 is 0. The van der Waals surface area contributed by atoms with Crippen molar-refractivity contribution >= 4 is 0 Å². The van der Waals surface area contributed by atoms with E-state index in [1.165, 1.54) is 56.9 Å². The fourth-order valence-corrected chi connectivity index (χ4v) is 2.65. The molecule has 0 heterocycles. The zero-order chi connectivity index (χ0) is 15.3. The van der Waals surface area contributed by atoms with E-state index in [0.717, 1.165) is 12.1 Å². The smallest absolute Gasteiger partial charge is 0.0681 e. The van der Waals surface area contributed by atoms with Crippen LogP contribution in [0.5, 0.6) is 0 Å². The fraction of sp³-hybridized carbons (Fsp3) is 0.684. The Balaban J connectivity index is 2.38. The Morgan fingerprint density at radius 2 is 1.38 bits per heavy atom. The summed E-state index contributed by atoms with van der Waals surface area (Å²) in [6.45, 7) is 5.60. The van der Waals surface area contributed by atoms with Crippen LogP contribution in [0.4, 0.5) is 0 Å². The van der Waals surface area contributed by atoms with Crippen LogP contribution in [0, 0.1) is 0 Å². The standard InChI is InChI=1S/C19H33NO/c1-3-5-7-9-19(10-8-6-4-2)20-15-17-11-13-18(16-21)14-12-17/h11-14,19-21H,3-10,15-16H2,1-2H3. The molecule has 0 radical (unpaired) electrons. The Hall–Kier alpha value is -0.860. The average Bonchev–Trinajstić information content (AvgIpc) is 2.53. The second-order valence-electron chi connectivity index (χ2n) is 6.04. The molecule has 0 bridgehead atoms. The van der Waals surface area contributed by atoms with Crippen LogP contribution in [-0.2, 0) is 13.2 Å². The maximum absolute atomic E-state index is 9.07. The van der Waals surface area contributed by atoms with Gasteiger partial charge in [0.05, 0.1) is 6.61 Å². The van der Waals surface area contributed by atoms with Crippen LogP contribution in [-0.4, -0.2) is 11.1 Å². The third-order valence-electron chi connectivity index (χ3n) is 4.11. The van der Waals surface area contributed by atoms with Crippen LogP contribution in [0.1, 0.15) is 76.3 Å². The second-order valence-corrected chi connectivity index (χ2v) is 6.04. The number of benzene rings is 1. The van der Waals surface area contributed by atoms with Crippen molar-refractivity contribution in [3.63, 3.8) is 0 Å². The number of unbranched alkanes of at least 4 members (excludes halogenated alkanes) is 4. The topological polar surface area (TPSA) is 32.3 Å². The van der Waals surface area contributed by atoms with Crippen LogP contribution in [0.2, 0.25) is 0 Å². The van der Waals surface area contributed by atoms with Gasteiger partial charge in [0, 0.05) is 12.6 Å². The second kappa shape index (κ2) is 11.8. The van der Waals surface area contributed by atoms with Gasteiger partial charge in [0.2, 0.25) is 0 Å². The van der Waals surface area contributed by atoms with Gasteiger partial charge < -0.3 is 10.4 Å². The van der Waals surface area contributed by atoms with Gasteiger partial charge in [-0.1, -0.05) is 76.6 Å². The van der Waals surface area contributed by atoms with Crippen molar-refractivity contribution in [2.45, 2.75) is 84.4 Å². The third-order valence-corrected chi connectivity index (χ3v) is 4.11. The first-order valence-electron chi connectivity index (χ1n) is 8.72. The molecule has 21 heavy (non-hydrogen) atoms. The minimum absolute atomic E-state index is 0.129. The first kappa shape index (κ1) is 18.2. The number of nitrogens with one attached hydrogen (secondary N) is 1. The lowest BCUT2D eigenvalue weighted by Crippen LogP contribution is -2.28. The summed E-state index contributed by atoms with van der Waals surface area (Å²) in [6.07, 6.45) is 10.6. The quantitative estimate of drug-likeness (QED) is 0.542. The van der Waals surface area contributed by atoms with E-state index in [0.29, 0.717) is 6.04 Å².